The SMILES string of the molecule is COc1ccc(CC#Cc2ccc3nc(Cc4ccc(C(C)=O)cc4)[nH]c(=O)c3c2)cc1. The number of methoxy groups -OCH3 is 1. The molecule has 0 amide bonds. The van der Waals surface area contributed by atoms with Gasteiger partial charge in [-0.1, -0.05) is 48.2 Å². The van der Waals surface area contributed by atoms with E-state index in [0.29, 0.717) is 35.1 Å². The molecular weight excluding hydrogens is 400 g/mol. The Morgan fingerprint density at radius 2 is 1.72 bits per heavy atom. The van der Waals surface area contributed by atoms with Crippen LogP contribution in [0.1, 0.15) is 39.8 Å². The monoisotopic (exact) mass is 422 g/mol. The molecule has 0 bridgehead atoms. The fraction of sp³-hybridized carbons (Fsp3) is 0.148. The number of carbonyl (C=O) groups is 1. The predicted molar refractivity (Wildman–Crippen MR) is 125 cm³/mol. The Kier molecular flexibility index (Phi) is 6.14. The first-order valence-corrected chi connectivity index (χ1v) is 10.3. The quantitative estimate of drug-likeness (QED) is 0.384. The van der Waals surface area contributed by atoms with Gasteiger partial charge in [0, 0.05) is 24.0 Å². The van der Waals surface area contributed by atoms with E-state index < -0.39 is 0 Å². The number of Topliss-reactive ketones (excluding diaryl/α,β-unsaturated/α-hetero) is 1. The number of carbonyl (C=O) groups excluding carboxylic acids is 1. The summed E-state index contributed by atoms with van der Waals surface area (Å²) >= 11 is 0. The van der Waals surface area contributed by atoms with Crippen molar-refractivity contribution >= 4 is 16.7 Å². The summed E-state index contributed by atoms with van der Waals surface area (Å²) in [5.41, 5.74) is 3.94. The van der Waals surface area contributed by atoms with Crippen molar-refractivity contribution in [2.45, 2.75) is 19.8 Å². The van der Waals surface area contributed by atoms with Gasteiger partial charge < -0.3 is 9.72 Å². The van der Waals surface area contributed by atoms with Crippen LogP contribution < -0.4 is 10.3 Å². The van der Waals surface area contributed by atoms with Gasteiger partial charge in [0.05, 0.1) is 18.0 Å². The Morgan fingerprint density at radius 1 is 1.00 bits per heavy atom. The summed E-state index contributed by atoms with van der Waals surface area (Å²) in [4.78, 5) is 31.5. The maximum Gasteiger partial charge on any atom is 0.258 e. The van der Waals surface area contributed by atoms with E-state index in [1.54, 1.807) is 25.3 Å². The molecule has 0 unspecified atom stereocenters. The number of ketones is 1. The molecule has 0 spiro atoms. The third-order valence-electron chi connectivity index (χ3n) is 5.17. The lowest BCUT2D eigenvalue weighted by Gasteiger charge is -2.05. The van der Waals surface area contributed by atoms with Gasteiger partial charge in [-0.25, -0.2) is 4.98 Å². The maximum atomic E-state index is 12.6. The van der Waals surface area contributed by atoms with E-state index in [2.05, 4.69) is 21.8 Å². The Balaban J connectivity index is 1.52. The molecule has 5 nitrogen and oxygen atoms in total. The lowest BCUT2D eigenvalue weighted by molar-refractivity contribution is 0.101. The molecule has 1 heterocycles. The van der Waals surface area contributed by atoms with E-state index in [1.165, 1.54) is 6.92 Å². The summed E-state index contributed by atoms with van der Waals surface area (Å²) in [5, 5.41) is 0.511. The van der Waals surface area contributed by atoms with Gasteiger partial charge in [0.25, 0.3) is 5.56 Å². The molecule has 0 aliphatic heterocycles. The van der Waals surface area contributed by atoms with Crippen molar-refractivity contribution in [3.8, 4) is 17.6 Å². The minimum atomic E-state index is -0.191. The van der Waals surface area contributed by atoms with Crippen LogP contribution in [0.15, 0.2) is 71.5 Å². The summed E-state index contributed by atoms with van der Waals surface area (Å²) < 4.78 is 5.16. The van der Waals surface area contributed by atoms with Crippen LogP contribution in [0.4, 0.5) is 0 Å². The van der Waals surface area contributed by atoms with Gasteiger partial charge in [-0.2, -0.15) is 0 Å². The Bertz CT molecular complexity index is 1390. The average Bonchev–Trinajstić information content (AvgIpc) is 2.80. The fourth-order valence-corrected chi connectivity index (χ4v) is 3.39. The van der Waals surface area contributed by atoms with Crippen LogP contribution in [0.25, 0.3) is 10.9 Å². The number of hydrogen-bond donors (Lipinski definition) is 1. The normalized spacial score (nSPS) is 10.4. The molecule has 0 radical (unpaired) electrons. The van der Waals surface area contributed by atoms with Gasteiger partial charge in [-0.15, -0.1) is 0 Å². The first-order valence-electron chi connectivity index (χ1n) is 10.3. The van der Waals surface area contributed by atoms with Crippen molar-refractivity contribution in [2.24, 2.45) is 0 Å². The van der Waals surface area contributed by atoms with Crippen LogP contribution in [-0.2, 0) is 12.8 Å². The van der Waals surface area contributed by atoms with E-state index in [1.807, 2.05) is 48.5 Å². The van der Waals surface area contributed by atoms with Gasteiger partial charge in [-0.3, -0.25) is 9.59 Å². The van der Waals surface area contributed by atoms with Gasteiger partial charge in [-0.05, 0) is 48.4 Å². The highest BCUT2D eigenvalue weighted by Crippen LogP contribution is 2.14. The molecule has 1 aromatic heterocycles. The fourth-order valence-electron chi connectivity index (χ4n) is 3.39. The molecule has 5 heteroatoms. The topological polar surface area (TPSA) is 72.0 Å². The highest BCUT2D eigenvalue weighted by atomic mass is 16.5. The Morgan fingerprint density at radius 3 is 2.41 bits per heavy atom. The molecule has 0 atom stereocenters. The van der Waals surface area contributed by atoms with Crippen molar-refractivity contribution in [3.05, 3.63) is 105 Å². The number of benzene rings is 3. The highest BCUT2D eigenvalue weighted by molar-refractivity contribution is 5.94. The number of aromatic nitrogens is 2. The molecule has 0 saturated carbocycles. The second-order valence-electron chi connectivity index (χ2n) is 7.50. The smallest absolute Gasteiger partial charge is 0.258 e. The van der Waals surface area contributed by atoms with Crippen molar-refractivity contribution in [1.29, 1.82) is 0 Å². The van der Waals surface area contributed by atoms with Crippen LogP contribution in [0.5, 0.6) is 5.75 Å². The van der Waals surface area contributed by atoms with Crippen LogP contribution in [0, 0.1) is 11.8 Å². The lowest BCUT2D eigenvalue weighted by Crippen LogP contribution is -2.12. The maximum absolute atomic E-state index is 12.6. The second kappa shape index (κ2) is 9.32. The van der Waals surface area contributed by atoms with E-state index in [-0.39, 0.29) is 11.3 Å². The predicted octanol–water partition coefficient (Wildman–Crippen LogP) is 4.32. The molecule has 0 fully saturated rings. The highest BCUT2D eigenvalue weighted by Gasteiger charge is 2.06. The number of H-pyrrole nitrogens is 1. The third kappa shape index (κ3) is 4.93. The number of rotatable bonds is 5. The summed E-state index contributed by atoms with van der Waals surface area (Å²) in [6.07, 6.45) is 1.09. The van der Waals surface area contributed by atoms with Gasteiger partial charge >= 0.3 is 0 Å². The van der Waals surface area contributed by atoms with Gasteiger partial charge in [0.2, 0.25) is 0 Å². The molecule has 4 rings (SSSR count). The van der Waals surface area contributed by atoms with Crippen LogP contribution in [-0.4, -0.2) is 22.9 Å². The number of ether oxygens (including phenoxy) is 1. The zero-order valence-electron chi connectivity index (χ0n) is 17.9. The minimum absolute atomic E-state index is 0.0247. The summed E-state index contributed by atoms with van der Waals surface area (Å²) in [6.45, 7) is 1.54. The van der Waals surface area contributed by atoms with Gasteiger partial charge in [0.15, 0.2) is 5.78 Å². The molecule has 4 aromatic rings. The van der Waals surface area contributed by atoms with Crippen LogP contribution >= 0.6 is 0 Å². The molecular formula is C27H22N2O3. The summed E-state index contributed by atoms with van der Waals surface area (Å²) in [6, 6.07) is 20.6. The van der Waals surface area contributed by atoms with Crippen LogP contribution in [0.2, 0.25) is 0 Å². The van der Waals surface area contributed by atoms with Crippen LogP contribution in [0.3, 0.4) is 0 Å². The number of nitrogens with one attached hydrogen (secondary N) is 1. The molecule has 1 N–H and O–H groups in total. The summed E-state index contributed by atoms with van der Waals surface area (Å²) in [5.74, 6) is 7.69. The third-order valence-corrected chi connectivity index (χ3v) is 5.17. The van der Waals surface area contributed by atoms with Crippen molar-refractivity contribution in [2.75, 3.05) is 7.11 Å². The Hall–Kier alpha value is -4.17. The first kappa shape index (κ1) is 21.1. The zero-order valence-corrected chi connectivity index (χ0v) is 17.9. The summed E-state index contributed by atoms with van der Waals surface area (Å²) in [7, 11) is 1.64. The molecule has 32 heavy (non-hydrogen) atoms. The lowest BCUT2D eigenvalue weighted by atomic mass is 10.1. The minimum Gasteiger partial charge on any atom is -0.497 e. The molecule has 3 aromatic carbocycles. The number of nitrogens with zero attached hydrogens (tertiary/aromatic N) is 1. The zero-order chi connectivity index (χ0) is 22.5. The van der Waals surface area contributed by atoms with Gasteiger partial charge in [0.1, 0.15) is 11.6 Å². The van der Waals surface area contributed by atoms with Crippen molar-refractivity contribution < 1.29 is 9.53 Å². The first-order chi connectivity index (χ1) is 15.5. The van der Waals surface area contributed by atoms with E-state index in [4.69, 9.17) is 4.74 Å². The Labute approximate surface area is 186 Å². The molecule has 0 aliphatic rings. The second-order valence-corrected chi connectivity index (χ2v) is 7.50. The molecule has 158 valence electrons. The molecule has 0 aliphatic carbocycles. The van der Waals surface area contributed by atoms with E-state index >= 15 is 0 Å². The number of hydrogen-bond acceptors (Lipinski definition) is 4. The number of aromatic amines is 1. The standard InChI is InChI=1S/C27H22N2O3/c1-18(30)22-11-6-21(7-12-22)17-26-28-25-15-10-20(16-24(25)27(31)29-26)5-3-4-19-8-13-23(32-2)14-9-19/h6-16H,4,17H2,1-2H3,(H,28,29,31). The van der Waals surface area contributed by atoms with E-state index in [9.17, 15) is 9.59 Å². The average molecular weight is 422 g/mol. The van der Waals surface area contributed by atoms with Crippen molar-refractivity contribution in [1.82, 2.24) is 9.97 Å². The van der Waals surface area contributed by atoms with Crippen molar-refractivity contribution in [3.63, 3.8) is 0 Å². The van der Waals surface area contributed by atoms with E-state index in [0.717, 1.165) is 22.4 Å². The largest absolute Gasteiger partial charge is 0.497 e. The number of fused-ring (bicyclic) bond motifs is 1. The molecule has 0 saturated heterocycles.